The molecule has 1 aromatic carbocycles. The Hall–Kier alpha value is -2.93. The van der Waals surface area contributed by atoms with Crippen LogP contribution in [-0.4, -0.2) is 41.0 Å². The molecule has 0 bridgehead atoms. The number of nitrogens with one attached hydrogen (secondary N) is 2. The standard InChI is InChI=1S/C23H25N3O4/c27-21-20(22(28)25-18-7-2-5-14-4-1-6-16(14)18)17-9-10-26(13-15(17)12-24-21)23(29)19-8-3-11-30-19/h2,5,7,12,19H,1,3-4,6,8-11,13H2,(H,24,27)(H,25,28)/t19-/m1/s1. The van der Waals surface area contributed by atoms with Crippen LogP contribution in [-0.2, 0) is 35.3 Å². The van der Waals surface area contributed by atoms with Crippen molar-refractivity contribution in [3.63, 3.8) is 0 Å². The predicted octanol–water partition coefficient (Wildman–Crippen LogP) is 2.18. The summed E-state index contributed by atoms with van der Waals surface area (Å²) >= 11 is 0. The quantitative estimate of drug-likeness (QED) is 0.816. The summed E-state index contributed by atoms with van der Waals surface area (Å²) in [5, 5.41) is 2.97. The van der Waals surface area contributed by atoms with Gasteiger partial charge < -0.3 is 19.9 Å². The second-order valence-corrected chi connectivity index (χ2v) is 8.26. The third-order valence-corrected chi connectivity index (χ3v) is 6.42. The van der Waals surface area contributed by atoms with Crippen LogP contribution in [0.15, 0.2) is 29.2 Å². The average Bonchev–Trinajstić information content (AvgIpc) is 3.45. The first-order chi connectivity index (χ1) is 14.6. The monoisotopic (exact) mass is 407 g/mol. The largest absolute Gasteiger partial charge is 0.368 e. The van der Waals surface area contributed by atoms with E-state index in [1.54, 1.807) is 11.1 Å². The summed E-state index contributed by atoms with van der Waals surface area (Å²) in [6.07, 6.45) is 6.45. The van der Waals surface area contributed by atoms with Gasteiger partial charge >= 0.3 is 0 Å². The molecule has 5 rings (SSSR count). The molecule has 1 saturated heterocycles. The summed E-state index contributed by atoms with van der Waals surface area (Å²) in [4.78, 5) is 42.8. The molecule has 2 N–H and O–H groups in total. The number of hydrogen-bond acceptors (Lipinski definition) is 4. The molecule has 0 radical (unpaired) electrons. The van der Waals surface area contributed by atoms with Gasteiger partial charge in [0.25, 0.3) is 17.4 Å². The zero-order chi connectivity index (χ0) is 20.7. The van der Waals surface area contributed by atoms with Gasteiger partial charge in [0.05, 0.1) is 0 Å². The van der Waals surface area contributed by atoms with Crippen molar-refractivity contribution in [2.75, 3.05) is 18.5 Å². The molecular weight excluding hydrogens is 382 g/mol. The van der Waals surface area contributed by atoms with Gasteiger partial charge in [0.15, 0.2) is 0 Å². The zero-order valence-corrected chi connectivity index (χ0v) is 16.8. The molecule has 3 aliphatic rings. The Kier molecular flexibility index (Phi) is 4.90. The molecule has 1 aromatic heterocycles. The molecule has 3 heterocycles. The van der Waals surface area contributed by atoms with Gasteiger partial charge in [-0.3, -0.25) is 14.4 Å². The number of benzene rings is 1. The van der Waals surface area contributed by atoms with Gasteiger partial charge in [0.1, 0.15) is 11.7 Å². The Morgan fingerprint density at radius 3 is 2.83 bits per heavy atom. The molecule has 7 nitrogen and oxygen atoms in total. The minimum atomic E-state index is -0.391. The van der Waals surface area contributed by atoms with E-state index in [1.807, 2.05) is 12.1 Å². The topological polar surface area (TPSA) is 91.5 Å². The fourth-order valence-corrected chi connectivity index (χ4v) is 4.89. The SMILES string of the molecule is O=C(Nc1cccc2c1CCC2)c1c2c(c[nH]c1=O)CN(C(=O)[C@H]1CCCO1)CC2. The Morgan fingerprint density at radius 1 is 1.10 bits per heavy atom. The van der Waals surface area contributed by atoms with Gasteiger partial charge in [-0.2, -0.15) is 0 Å². The number of aromatic nitrogens is 1. The molecule has 1 aliphatic carbocycles. The lowest BCUT2D eigenvalue weighted by Gasteiger charge is -2.31. The minimum Gasteiger partial charge on any atom is -0.368 e. The van der Waals surface area contributed by atoms with Crippen molar-refractivity contribution in [1.29, 1.82) is 0 Å². The number of anilines is 1. The van der Waals surface area contributed by atoms with E-state index in [-0.39, 0.29) is 23.5 Å². The Balaban J connectivity index is 1.40. The van der Waals surface area contributed by atoms with Gasteiger partial charge in [-0.1, -0.05) is 12.1 Å². The van der Waals surface area contributed by atoms with E-state index >= 15 is 0 Å². The van der Waals surface area contributed by atoms with Crippen molar-refractivity contribution in [3.8, 4) is 0 Å². The van der Waals surface area contributed by atoms with E-state index in [4.69, 9.17) is 4.74 Å². The molecule has 2 amide bonds. The summed E-state index contributed by atoms with van der Waals surface area (Å²) in [5.74, 6) is -0.387. The minimum absolute atomic E-state index is 0.00444. The molecule has 30 heavy (non-hydrogen) atoms. The van der Waals surface area contributed by atoms with Crippen LogP contribution in [0.4, 0.5) is 5.69 Å². The van der Waals surface area contributed by atoms with Crippen LogP contribution >= 0.6 is 0 Å². The van der Waals surface area contributed by atoms with Gasteiger partial charge in [0.2, 0.25) is 0 Å². The van der Waals surface area contributed by atoms with Crippen molar-refractivity contribution >= 4 is 17.5 Å². The summed E-state index contributed by atoms with van der Waals surface area (Å²) in [6.45, 7) is 1.49. The summed E-state index contributed by atoms with van der Waals surface area (Å²) in [5.41, 5.74) is 4.54. The van der Waals surface area contributed by atoms with E-state index in [9.17, 15) is 14.4 Å². The second-order valence-electron chi connectivity index (χ2n) is 8.26. The summed E-state index contributed by atoms with van der Waals surface area (Å²) < 4.78 is 5.53. The first kappa shape index (κ1) is 19.1. The van der Waals surface area contributed by atoms with E-state index in [2.05, 4.69) is 16.4 Å². The number of nitrogens with zero attached hydrogens (tertiary/aromatic N) is 1. The number of aryl methyl sites for hydroxylation is 1. The van der Waals surface area contributed by atoms with Crippen LogP contribution in [0.2, 0.25) is 0 Å². The number of pyridine rings is 1. The molecule has 1 atom stereocenters. The Labute approximate surface area is 174 Å². The average molecular weight is 407 g/mol. The lowest BCUT2D eigenvalue weighted by atomic mass is 9.95. The highest BCUT2D eigenvalue weighted by Crippen LogP contribution is 2.29. The lowest BCUT2D eigenvalue weighted by molar-refractivity contribution is -0.141. The van der Waals surface area contributed by atoms with E-state index < -0.39 is 5.56 Å². The molecular formula is C23H25N3O4. The van der Waals surface area contributed by atoms with E-state index in [0.717, 1.165) is 48.9 Å². The van der Waals surface area contributed by atoms with Crippen molar-refractivity contribution in [2.45, 2.75) is 51.2 Å². The van der Waals surface area contributed by atoms with Crippen molar-refractivity contribution in [1.82, 2.24) is 9.88 Å². The number of hydrogen-bond donors (Lipinski definition) is 2. The fourth-order valence-electron chi connectivity index (χ4n) is 4.89. The Morgan fingerprint density at radius 2 is 2.00 bits per heavy atom. The van der Waals surface area contributed by atoms with Crippen LogP contribution in [0.25, 0.3) is 0 Å². The van der Waals surface area contributed by atoms with Crippen LogP contribution < -0.4 is 10.9 Å². The fraction of sp³-hybridized carbons (Fsp3) is 0.435. The number of amides is 2. The number of carbonyl (C=O) groups is 2. The number of rotatable bonds is 3. The first-order valence-corrected chi connectivity index (χ1v) is 10.7. The zero-order valence-electron chi connectivity index (χ0n) is 16.8. The molecule has 0 spiro atoms. The third-order valence-electron chi connectivity index (χ3n) is 6.42. The summed E-state index contributed by atoms with van der Waals surface area (Å²) in [7, 11) is 0. The maximum absolute atomic E-state index is 13.1. The molecule has 2 aliphatic heterocycles. The first-order valence-electron chi connectivity index (χ1n) is 10.7. The molecule has 2 aromatic rings. The molecule has 1 fully saturated rings. The highest BCUT2D eigenvalue weighted by molar-refractivity contribution is 6.05. The number of ether oxygens (including phenoxy) is 1. The number of H-pyrrole nitrogens is 1. The smallest absolute Gasteiger partial charge is 0.261 e. The van der Waals surface area contributed by atoms with Crippen molar-refractivity contribution < 1.29 is 14.3 Å². The maximum atomic E-state index is 13.1. The van der Waals surface area contributed by atoms with Gasteiger partial charge in [-0.05, 0) is 66.8 Å². The van der Waals surface area contributed by atoms with Crippen LogP contribution in [0, 0.1) is 0 Å². The number of fused-ring (bicyclic) bond motifs is 2. The lowest BCUT2D eigenvalue weighted by Crippen LogP contribution is -2.43. The molecule has 7 heteroatoms. The van der Waals surface area contributed by atoms with Gasteiger partial charge in [0, 0.05) is 31.6 Å². The van der Waals surface area contributed by atoms with Crippen LogP contribution in [0.5, 0.6) is 0 Å². The Bertz CT molecular complexity index is 1070. The number of aromatic amines is 1. The highest BCUT2D eigenvalue weighted by atomic mass is 16.5. The predicted molar refractivity (Wildman–Crippen MR) is 112 cm³/mol. The van der Waals surface area contributed by atoms with E-state index in [1.165, 1.54) is 11.1 Å². The maximum Gasteiger partial charge on any atom is 0.261 e. The van der Waals surface area contributed by atoms with Gasteiger partial charge in [-0.25, -0.2) is 0 Å². The van der Waals surface area contributed by atoms with E-state index in [0.29, 0.717) is 26.1 Å². The molecule has 156 valence electrons. The van der Waals surface area contributed by atoms with Crippen molar-refractivity contribution in [3.05, 3.63) is 62.6 Å². The van der Waals surface area contributed by atoms with Crippen LogP contribution in [0.1, 0.15) is 51.9 Å². The van der Waals surface area contributed by atoms with Gasteiger partial charge in [-0.15, -0.1) is 0 Å². The third kappa shape index (κ3) is 3.33. The summed E-state index contributed by atoms with van der Waals surface area (Å²) in [6, 6.07) is 5.93. The molecule has 0 saturated carbocycles. The molecule has 0 unspecified atom stereocenters. The second kappa shape index (κ2) is 7.72. The van der Waals surface area contributed by atoms with Crippen molar-refractivity contribution in [2.24, 2.45) is 0 Å². The normalized spacial score (nSPS) is 20.0. The number of carbonyl (C=O) groups excluding carboxylic acids is 2. The highest BCUT2D eigenvalue weighted by Gasteiger charge is 2.32. The van der Waals surface area contributed by atoms with Crippen LogP contribution in [0.3, 0.4) is 0 Å².